The fraction of sp³-hybridized carbons (Fsp3) is 0.143. The fourth-order valence-electron chi connectivity index (χ4n) is 1.99. The topological polar surface area (TPSA) is 12.0 Å². The molecular weight excluding hydrogens is 319 g/mol. The van der Waals surface area contributed by atoms with Gasteiger partial charge in [0.1, 0.15) is 17.5 Å². The summed E-state index contributed by atoms with van der Waals surface area (Å²) in [4.78, 5) is 0. The third-order valence-electron chi connectivity index (χ3n) is 2.87. The van der Waals surface area contributed by atoms with Gasteiger partial charge in [-0.05, 0) is 46.7 Å². The van der Waals surface area contributed by atoms with Crippen LogP contribution in [0.25, 0.3) is 0 Å². The highest BCUT2D eigenvalue weighted by Crippen LogP contribution is 2.32. The Labute approximate surface area is 117 Å². The van der Waals surface area contributed by atoms with Crippen molar-refractivity contribution in [3.63, 3.8) is 0 Å². The standard InChI is InChI=1S/C14H11BrF3N/c1-19-14(8-4-2-7-11(18)13(8)15)12-9(16)5-3-6-10(12)17/h2-7,14,19H,1H3. The van der Waals surface area contributed by atoms with E-state index in [1.165, 1.54) is 30.3 Å². The van der Waals surface area contributed by atoms with Crippen molar-refractivity contribution in [1.29, 1.82) is 0 Å². The molecule has 0 heterocycles. The molecular formula is C14H11BrF3N. The summed E-state index contributed by atoms with van der Waals surface area (Å²) >= 11 is 3.11. The van der Waals surface area contributed by atoms with Gasteiger partial charge in [-0.2, -0.15) is 0 Å². The SMILES string of the molecule is CNC(c1cccc(F)c1Br)c1c(F)cccc1F. The molecule has 0 aliphatic heterocycles. The van der Waals surface area contributed by atoms with Gasteiger partial charge in [0.15, 0.2) is 0 Å². The molecule has 19 heavy (non-hydrogen) atoms. The predicted molar refractivity (Wildman–Crippen MR) is 71.4 cm³/mol. The van der Waals surface area contributed by atoms with Gasteiger partial charge in [-0.25, -0.2) is 13.2 Å². The molecule has 0 amide bonds. The summed E-state index contributed by atoms with van der Waals surface area (Å²) in [5.74, 6) is -1.82. The third kappa shape index (κ3) is 2.67. The lowest BCUT2D eigenvalue weighted by Gasteiger charge is -2.20. The van der Waals surface area contributed by atoms with Crippen LogP contribution < -0.4 is 5.32 Å². The molecule has 0 saturated carbocycles. The quantitative estimate of drug-likeness (QED) is 0.890. The Balaban J connectivity index is 2.60. The number of rotatable bonds is 3. The maximum absolute atomic E-state index is 13.8. The van der Waals surface area contributed by atoms with Crippen LogP contribution in [0.2, 0.25) is 0 Å². The average molecular weight is 330 g/mol. The number of hydrogen-bond donors (Lipinski definition) is 1. The van der Waals surface area contributed by atoms with Gasteiger partial charge in [0.05, 0.1) is 10.5 Å². The molecule has 2 rings (SSSR count). The number of hydrogen-bond acceptors (Lipinski definition) is 1. The van der Waals surface area contributed by atoms with Crippen molar-refractivity contribution in [2.45, 2.75) is 6.04 Å². The number of benzene rings is 2. The first-order valence-electron chi connectivity index (χ1n) is 5.61. The summed E-state index contributed by atoms with van der Waals surface area (Å²) < 4.78 is 41.4. The van der Waals surface area contributed by atoms with Crippen LogP contribution in [0.5, 0.6) is 0 Å². The molecule has 0 fully saturated rings. The molecule has 0 aliphatic carbocycles. The predicted octanol–water partition coefficient (Wildman–Crippen LogP) is 4.18. The largest absolute Gasteiger partial charge is 0.309 e. The molecule has 2 aromatic carbocycles. The zero-order valence-electron chi connectivity index (χ0n) is 10.1. The molecule has 1 nitrogen and oxygen atoms in total. The minimum absolute atomic E-state index is 0.128. The zero-order valence-corrected chi connectivity index (χ0v) is 11.6. The highest BCUT2D eigenvalue weighted by molar-refractivity contribution is 9.10. The van der Waals surface area contributed by atoms with E-state index in [-0.39, 0.29) is 10.0 Å². The maximum Gasteiger partial charge on any atom is 0.137 e. The van der Waals surface area contributed by atoms with Crippen LogP contribution >= 0.6 is 15.9 Å². The van der Waals surface area contributed by atoms with Crippen molar-refractivity contribution in [3.05, 3.63) is 69.4 Å². The summed E-state index contributed by atoms with van der Waals surface area (Å²) in [5.41, 5.74) is 0.308. The summed E-state index contributed by atoms with van der Waals surface area (Å²) in [5, 5.41) is 2.81. The van der Waals surface area contributed by atoms with Crippen molar-refractivity contribution in [2.75, 3.05) is 7.05 Å². The fourth-order valence-corrected chi connectivity index (χ4v) is 2.48. The maximum atomic E-state index is 13.8. The van der Waals surface area contributed by atoms with E-state index in [9.17, 15) is 13.2 Å². The van der Waals surface area contributed by atoms with Crippen LogP contribution in [0, 0.1) is 17.5 Å². The van der Waals surface area contributed by atoms with Crippen LogP contribution in [-0.2, 0) is 0 Å². The summed E-state index contributed by atoms with van der Waals surface area (Å²) in [6, 6.07) is 7.26. The molecule has 0 aliphatic rings. The van der Waals surface area contributed by atoms with Crippen LogP contribution in [0.3, 0.4) is 0 Å². The normalized spacial score (nSPS) is 12.5. The molecule has 0 saturated heterocycles. The molecule has 0 aromatic heterocycles. The summed E-state index contributed by atoms with van der Waals surface area (Å²) in [6.07, 6.45) is 0. The van der Waals surface area contributed by atoms with Gasteiger partial charge in [-0.3, -0.25) is 0 Å². The molecule has 5 heteroatoms. The summed E-state index contributed by atoms with van der Waals surface area (Å²) in [7, 11) is 1.56. The molecule has 1 unspecified atom stereocenters. The number of nitrogens with one attached hydrogen (secondary N) is 1. The van der Waals surface area contributed by atoms with Gasteiger partial charge < -0.3 is 5.32 Å². The Bertz CT molecular complexity index is 581. The smallest absolute Gasteiger partial charge is 0.137 e. The van der Waals surface area contributed by atoms with Crippen LogP contribution in [0.1, 0.15) is 17.2 Å². The van der Waals surface area contributed by atoms with E-state index in [1.54, 1.807) is 13.1 Å². The first-order valence-corrected chi connectivity index (χ1v) is 6.40. The van der Waals surface area contributed by atoms with Gasteiger partial charge in [0.25, 0.3) is 0 Å². The minimum Gasteiger partial charge on any atom is -0.309 e. The molecule has 0 spiro atoms. The van der Waals surface area contributed by atoms with E-state index in [2.05, 4.69) is 21.2 Å². The van der Waals surface area contributed by atoms with Crippen molar-refractivity contribution in [1.82, 2.24) is 5.32 Å². The Morgan fingerprint density at radius 3 is 2.05 bits per heavy atom. The van der Waals surface area contributed by atoms with Crippen LogP contribution in [-0.4, -0.2) is 7.05 Å². The highest BCUT2D eigenvalue weighted by Gasteiger charge is 2.23. The first-order chi connectivity index (χ1) is 9.06. The molecule has 2 aromatic rings. The highest BCUT2D eigenvalue weighted by atomic mass is 79.9. The third-order valence-corrected chi connectivity index (χ3v) is 3.71. The Morgan fingerprint density at radius 2 is 1.47 bits per heavy atom. The Kier molecular flexibility index (Phi) is 4.27. The molecule has 1 N–H and O–H groups in total. The van der Waals surface area contributed by atoms with Gasteiger partial charge in [-0.1, -0.05) is 18.2 Å². The van der Waals surface area contributed by atoms with Crippen molar-refractivity contribution >= 4 is 15.9 Å². The lowest BCUT2D eigenvalue weighted by Crippen LogP contribution is -2.21. The van der Waals surface area contributed by atoms with Crippen molar-refractivity contribution in [3.8, 4) is 0 Å². The van der Waals surface area contributed by atoms with E-state index in [0.717, 1.165) is 0 Å². The van der Waals surface area contributed by atoms with Crippen molar-refractivity contribution < 1.29 is 13.2 Å². The molecule has 0 bridgehead atoms. The Morgan fingerprint density at radius 1 is 0.947 bits per heavy atom. The van der Waals surface area contributed by atoms with E-state index in [4.69, 9.17) is 0 Å². The lowest BCUT2D eigenvalue weighted by molar-refractivity contribution is 0.519. The second-order valence-electron chi connectivity index (χ2n) is 4.00. The van der Waals surface area contributed by atoms with Crippen LogP contribution in [0.15, 0.2) is 40.9 Å². The molecule has 100 valence electrons. The zero-order chi connectivity index (χ0) is 14.0. The monoisotopic (exact) mass is 329 g/mol. The van der Waals surface area contributed by atoms with Gasteiger partial charge in [-0.15, -0.1) is 0 Å². The average Bonchev–Trinajstić information content (AvgIpc) is 2.38. The summed E-state index contributed by atoms with van der Waals surface area (Å²) in [6.45, 7) is 0. The van der Waals surface area contributed by atoms with Gasteiger partial charge in [0.2, 0.25) is 0 Å². The van der Waals surface area contributed by atoms with Gasteiger partial charge in [0, 0.05) is 5.56 Å². The van der Waals surface area contributed by atoms with Crippen molar-refractivity contribution in [2.24, 2.45) is 0 Å². The van der Waals surface area contributed by atoms with E-state index < -0.39 is 23.5 Å². The van der Waals surface area contributed by atoms with Crippen LogP contribution in [0.4, 0.5) is 13.2 Å². The minimum atomic E-state index is -0.772. The molecule has 1 atom stereocenters. The van der Waals surface area contributed by atoms with Gasteiger partial charge >= 0.3 is 0 Å². The second kappa shape index (κ2) is 5.75. The Hall–Kier alpha value is -1.33. The van der Waals surface area contributed by atoms with E-state index in [0.29, 0.717) is 5.56 Å². The van der Waals surface area contributed by atoms with E-state index in [1.807, 2.05) is 0 Å². The number of halogens is 4. The molecule has 0 radical (unpaired) electrons. The second-order valence-corrected chi connectivity index (χ2v) is 4.79. The van der Waals surface area contributed by atoms with E-state index >= 15 is 0 Å². The lowest BCUT2D eigenvalue weighted by atomic mass is 9.97. The first kappa shape index (κ1) is 14.1.